The van der Waals surface area contributed by atoms with Crippen LogP contribution in [0.15, 0.2) is 0 Å². The van der Waals surface area contributed by atoms with Gasteiger partial charge in [0.25, 0.3) is 0 Å². The second kappa shape index (κ2) is 5.93. The average molecular weight is 301 g/mol. The smallest absolute Gasteiger partial charge is 0.150 e. The van der Waals surface area contributed by atoms with Crippen LogP contribution in [0.25, 0.3) is 0 Å². The maximum Gasteiger partial charge on any atom is 0.150 e. The predicted molar refractivity (Wildman–Crippen MR) is 79.6 cm³/mol. The molecule has 3 rings (SSSR count). The lowest BCUT2D eigenvalue weighted by molar-refractivity contribution is -0.103. The summed E-state index contributed by atoms with van der Waals surface area (Å²) in [6, 6.07) is 0.389. The molecular weight excluding hydrogens is 274 g/mol. The van der Waals surface area contributed by atoms with Crippen LogP contribution in [-0.2, 0) is 14.6 Å². The fourth-order valence-corrected chi connectivity index (χ4v) is 5.40. The lowest BCUT2D eigenvalue weighted by Gasteiger charge is -2.49. The SMILES string of the molecule is O=S1(=O)CCC(NCC2(C3CCCCO3)CCC2)CC1. The molecule has 2 heterocycles. The predicted octanol–water partition coefficient (Wildman–Crippen LogP) is 1.89. The lowest BCUT2D eigenvalue weighted by Crippen LogP contribution is -2.53. The number of sulfone groups is 1. The van der Waals surface area contributed by atoms with Crippen LogP contribution < -0.4 is 5.32 Å². The standard InChI is InChI=1S/C15H27NO3S/c17-20(18)10-5-13(6-11-20)16-12-15(7-3-8-15)14-4-1-2-9-19-14/h13-14,16H,1-12H2. The van der Waals surface area contributed by atoms with Crippen LogP contribution in [0.3, 0.4) is 0 Å². The van der Waals surface area contributed by atoms with E-state index >= 15 is 0 Å². The highest BCUT2D eigenvalue weighted by Crippen LogP contribution is 2.47. The van der Waals surface area contributed by atoms with Crippen LogP contribution in [0.4, 0.5) is 0 Å². The Kier molecular flexibility index (Phi) is 4.39. The Morgan fingerprint density at radius 2 is 1.80 bits per heavy atom. The monoisotopic (exact) mass is 301 g/mol. The van der Waals surface area contributed by atoms with Crippen molar-refractivity contribution in [3.63, 3.8) is 0 Å². The van der Waals surface area contributed by atoms with Crippen molar-refractivity contribution < 1.29 is 13.2 Å². The minimum absolute atomic E-state index is 0.344. The van der Waals surface area contributed by atoms with Gasteiger partial charge in [0.2, 0.25) is 0 Å². The van der Waals surface area contributed by atoms with Gasteiger partial charge in [-0.15, -0.1) is 0 Å². The van der Waals surface area contributed by atoms with Crippen molar-refractivity contribution in [2.45, 2.75) is 63.5 Å². The van der Waals surface area contributed by atoms with Gasteiger partial charge >= 0.3 is 0 Å². The van der Waals surface area contributed by atoms with E-state index in [1.165, 1.54) is 38.5 Å². The zero-order chi connectivity index (χ0) is 14.1. The molecule has 1 N–H and O–H groups in total. The van der Waals surface area contributed by atoms with Gasteiger partial charge in [-0.1, -0.05) is 6.42 Å². The maximum absolute atomic E-state index is 11.5. The summed E-state index contributed by atoms with van der Waals surface area (Å²) >= 11 is 0. The van der Waals surface area contributed by atoms with Gasteiger partial charge in [0.1, 0.15) is 9.84 Å². The molecule has 1 unspecified atom stereocenters. The van der Waals surface area contributed by atoms with E-state index in [0.29, 0.717) is 29.1 Å². The van der Waals surface area contributed by atoms with Gasteiger partial charge in [0.15, 0.2) is 0 Å². The molecule has 2 saturated heterocycles. The first-order valence-electron chi connectivity index (χ1n) is 8.15. The molecule has 0 aromatic heterocycles. The van der Waals surface area contributed by atoms with Crippen LogP contribution >= 0.6 is 0 Å². The van der Waals surface area contributed by atoms with E-state index in [1.54, 1.807) is 0 Å². The van der Waals surface area contributed by atoms with Gasteiger partial charge in [-0.25, -0.2) is 8.42 Å². The van der Waals surface area contributed by atoms with Crippen molar-refractivity contribution in [1.82, 2.24) is 5.32 Å². The molecule has 0 aromatic rings. The van der Waals surface area contributed by atoms with Crippen LogP contribution in [-0.4, -0.2) is 45.2 Å². The highest BCUT2D eigenvalue weighted by atomic mass is 32.2. The second-order valence-electron chi connectivity index (χ2n) is 6.88. The third-order valence-electron chi connectivity index (χ3n) is 5.51. The first-order chi connectivity index (χ1) is 9.60. The Balaban J connectivity index is 1.51. The summed E-state index contributed by atoms with van der Waals surface area (Å²) < 4.78 is 29.0. The topological polar surface area (TPSA) is 55.4 Å². The van der Waals surface area contributed by atoms with Gasteiger partial charge in [-0.3, -0.25) is 0 Å². The highest BCUT2D eigenvalue weighted by Gasteiger charge is 2.45. The fourth-order valence-electron chi connectivity index (χ4n) is 3.91. The Labute approximate surface area is 122 Å². The molecule has 0 bridgehead atoms. The van der Waals surface area contributed by atoms with Crippen molar-refractivity contribution in [3.05, 3.63) is 0 Å². The molecule has 0 aromatic carbocycles. The number of hydrogen-bond donors (Lipinski definition) is 1. The van der Waals surface area contributed by atoms with Crippen LogP contribution in [0.1, 0.15) is 51.4 Å². The van der Waals surface area contributed by atoms with E-state index in [4.69, 9.17) is 4.74 Å². The maximum atomic E-state index is 11.5. The first-order valence-corrected chi connectivity index (χ1v) is 9.97. The molecule has 5 heteroatoms. The van der Waals surface area contributed by atoms with E-state index < -0.39 is 9.84 Å². The van der Waals surface area contributed by atoms with Crippen molar-refractivity contribution >= 4 is 9.84 Å². The molecule has 1 atom stereocenters. The molecule has 0 spiro atoms. The Hall–Kier alpha value is -0.130. The van der Waals surface area contributed by atoms with Crippen LogP contribution in [0.5, 0.6) is 0 Å². The summed E-state index contributed by atoms with van der Waals surface area (Å²) in [6.07, 6.45) is 9.58. The normalized spacial score (nSPS) is 33.5. The van der Waals surface area contributed by atoms with E-state index in [0.717, 1.165) is 26.0 Å². The lowest BCUT2D eigenvalue weighted by atomic mass is 9.63. The summed E-state index contributed by atoms with van der Waals surface area (Å²) in [5.74, 6) is 0.717. The number of hydrogen-bond acceptors (Lipinski definition) is 4. The van der Waals surface area contributed by atoms with E-state index in [9.17, 15) is 8.42 Å². The molecule has 2 aliphatic heterocycles. The molecule has 4 nitrogen and oxygen atoms in total. The first kappa shape index (κ1) is 14.8. The fraction of sp³-hybridized carbons (Fsp3) is 1.00. The van der Waals surface area contributed by atoms with Crippen molar-refractivity contribution in [2.75, 3.05) is 24.7 Å². The van der Waals surface area contributed by atoms with Gasteiger partial charge in [0, 0.05) is 24.6 Å². The zero-order valence-corrected chi connectivity index (χ0v) is 13.1. The van der Waals surface area contributed by atoms with Crippen molar-refractivity contribution in [2.24, 2.45) is 5.41 Å². The Morgan fingerprint density at radius 1 is 1.05 bits per heavy atom. The van der Waals surface area contributed by atoms with Crippen LogP contribution in [0.2, 0.25) is 0 Å². The summed E-state index contributed by atoms with van der Waals surface area (Å²) in [4.78, 5) is 0. The zero-order valence-electron chi connectivity index (χ0n) is 12.3. The molecule has 116 valence electrons. The van der Waals surface area contributed by atoms with Crippen molar-refractivity contribution in [3.8, 4) is 0 Å². The number of rotatable bonds is 4. The highest BCUT2D eigenvalue weighted by molar-refractivity contribution is 7.91. The average Bonchev–Trinajstić information content (AvgIpc) is 2.40. The minimum atomic E-state index is -2.75. The molecule has 1 saturated carbocycles. The Morgan fingerprint density at radius 3 is 2.35 bits per heavy atom. The summed E-state index contributed by atoms with van der Waals surface area (Å²) in [5, 5.41) is 3.65. The van der Waals surface area contributed by atoms with Crippen molar-refractivity contribution in [1.29, 1.82) is 0 Å². The Bertz CT molecular complexity index is 410. The third kappa shape index (κ3) is 3.20. The third-order valence-corrected chi connectivity index (χ3v) is 7.22. The summed E-state index contributed by atoms with van der Waals surface area (Å²) in [6.45, 7) is 1.94. The molecule has 0 amide bonds. The minimum Gasteiger partial charge on any atom is -0.378 e. The van der Waals surface area contributed by atoms with E-state index in [2.05, 4.69) is 5.32 Å². The summed E-state index contributed by atoms with van der Waals surface area (Å²) in [5.41, 5.74) is 0.344. The molecule has 1 aliphatic carbocycles. The molecule has 0 radical (unpaired) electrons. The second-order valence-corrected chi connectivity index (χ2v) is 9.18. The molecular formula is C15H27NO3S. The number of ether oxygens (including phenoxy) is 1. The summed E-state index contributed by atoms with van der Waals surface area (Å²) in [7, 11) is -2.75. The largest absolute Gasteiger partial charge is 0.378 e. The van der Waals surface area contributed by atoms with Gasteiger partial charge in [-0.05, 0) is 44.9 Å². The molecule has 20 heavy (non-hydrogen) atoms. The number of nitrogens with one attached hydrogen (secondary N) is 1. The molecule has 3 aliphatic rings. The van der Waals surface area contributed by atoms with Crippen LogP contribution in [0, 0.1) is 5.41 Å². The molecule has 3 fully saturated rings. The van der Waals surface area contributed by atoms with Gasteiger partial charge in [-0.2, -0.15) is 0 Å². The quantitative estimate of drug-likeness (QED) is 0.861. The van der Waals surface area contributed by atoms with Gasteiger partial charge in [0.05, 0.1) is 17.6 Å². The van der Waals surface area contributed by atoms with E-state index in [1.807, 2.05) is 0 Å². The van der Waals surface area contributed by atoms with Gasteiger partial charge < -0.3 is 10.1 Å². The van der Waals surface area contributed by atoms with E-state index in [-0.39, 0.29) is 0 Å².